The van der Waals surface area contributed by atoms with Crippen molar-refractivity contribution in [2.45, 2.75) is 13.3 Å². The van der Waals surface area contributed by atoms with E-state index in [0.29, 0.717) is 0 Å². The van der Waals surface area contributed by atoms with Crippen molar-refractivity contribution in [3.8, 4) is 0 Å². The minimum Gasteiger partial charge on any atom is -0.481 e. The predicted octanol–water partition coefficient (Wildman–Crippen LogP) is 0.580. The first-order valence-corrected chi connectivity index (χ1v) is 3.18. The monoisotopic (exact) mass is 158 g/mol. The molecule has 0 aliphatic carbocycles. The van der Waals surface area contributed by atoms with Crippen molar-refractivity contribution < 1.29 is 19.4 Å². The summed E-state index contributed by atoms with van der Waals surface area (Å²) >= 11 is 0. The fourth-order valence-electron chi connectivity index (χ4n) is 0.423. The number of allylic oxidation sites excluding steroid dienone is 1. The second-order valence-electron chi connectivity index (χ2n) is 1.81. The van der Waals surface area contributed by atoms with Crippen LogP contribution in [-0.4, -0.2) is 23.7 Å². The van der Waals surface area contributed by atoms with Crippen LogP contribution in [0.4, 0.5) is 0 Å². The number of carbonyl (C=O) groups is 2. The van der Waals surface area contributed by atoms with E-state index in [4.69, 9.17) is 5.11 Å². The number of ether oxygens (including phenoxy) is 1. The van der Waals surface area contributed by atoms with Crippen molar-refractivity contribution >= 4 is 11.9 Å². The molecule has 0 radical (unpaired) electrons. The van der Waals surface area contributed by atoms with E-state index in [1.165, 1.54) is 12.2 Å². The number of rotatable bonds is 4. The Bertz CT molecular complexity index is 171. The highest BCUT2D eigenvalue weighted by Gasteiger charge is 1.99. The maximum atomic E-state index is 10.5. The molecule has 62 valence electrons. The lowest BCUT2D eigenvalue weighted by Gasteiger charge is -1.96. The predicted molar refractivity (Wildman–Crippen MR) is 38.0 cm³/mol. The Balaban J connectivity index is 3.39. The molecule has 0 heterocycles. The number of esters is 1. The van der Waals surface area contributed by atoms with Gasteiger partial charge in [-0.3, -0.25) is 4.79 Å². The Morgan fingerprint density at radius 3 is 2.64 bits per heavy atom. The van der Waals surface area contributed by atoms with Gasteiger partial charge in [0.2, 0.25) is 0 Å². The molecule has 1 N–H and O–H groups in total. The minimum absolute atomic E-state index is 0.0709. The van der Waals surface area contributed by atoms with E-state index in [2.05, 4.69) is 4.74 Å². The Morgan fingerprint density at radius 2 is 2.18 bits per heavy atom. The molecule has 0 bridgehead atoms. The average Bonchev–Trinajstić information content (AvgIpc) is 1.87. The minimum atomic E-state index is -0.974. The molecule has 0 aromatic carbocycles. The van der Waals surface area contributed by atoms with Crippen molar-refractivity contribution in [2.75, 3.05) is 6.61 Å². The molecule has 0 aliphatic heterocycles. The largest absolute Gasteiger partial charge is 0.481 e. The fourth-order valence-corrected chi connectivity index (χ4v) is 0.423. The molecule has 0 atom stereocenters. The van der Waals surface area contributed by atoms with Gasteiger partial charge in [0.1, 0.15) is 6.61 Å². The van der Waals surface area contributed by atoms with Crippen LogP contribution in [0.15, 0.2) is 12.2 Å². The van der Waals surface area contributed by atoms with Gasteiger partial charge in [-0.25, -0.2) is 4.79 Å². The molecule has 11 heavy (non-hydrogen) atoms. The summed E-state index contributed by atoms with van der Waals surface area (Å²) in [6, 6.07) is 0. The summed E-state index contributed by atoms with van der Waals surface area (Å²) in [4.78, 5) is 20.5. The second-order valence-corrected chi connectivity index (χ2v) is 1.81. The van der Waals surface area contributed by atoms with Crippen LogP contribution >= 0.6 is 0 Å². The van der Waals surface area contributed by atoms with Gasteiger partial charge < -0.3 is 9.84 Å². The van der Waals surface area contributed by atoms with E-state index in [9.17, 15) is 9.59 Å². The standard InChI is InChI=1S/C7H10O4/c1-2-3-7(10)11-5-4-6(8)9/h2-3H,4-5H2,1H3,(H,8,9)/b3-2+. The molecular formula is C7H10O4. The van der Waals surface area contributed by atoms with Gasteiger partial charge in [0.15, 0.2) is 0 Å². The third kappa shape index (κ3) is 6.57. The van der Waals surface area contributed by atoms with Gasteiger partial charge >= 0.3 is 11.9 Å². The van der Waals surface area contributed by atoms with Crippen molar-refractivity contribution in [2.24, 2.45) is 0 Å². The third-order valence-electron chi connectivity index (χ3n) is 0.863. The fraction of sp³-hybridized carbons (Fsp3) is 0.429. The van der Waals surface area contributed by atoms with Crippen LogP contribution in [0, 0.1) is 0 Å². The summed E-state index contributed by atoms with van der Waals surface area (Å²) in [6.07, 6.45) is 2.62. The van der Waals surface area contributed by atoms with Crippen LogP contribution < -0.4 is 0 Å². The quantitative estimate of drug-likeness (QED) is 0.480. The maximum Gasteiger partial charge on any atom is 0.330 e. The molecule has 0 saturated heterocycles. The first kappa shape index (κ1) is 9.68. The van der Waals surface area contributed by atoms with Crippen LogP contribution in [0.5, 0.6) is 0 Å². The zero-order chi connectivity index (χ0) is 8.69. The molecule has 0 saturated carbocycles. The highest BCUT2D eigenvalue weighted by molar-refractivity contribution is 5.82. The lowest BCUT2D eigenvalue weighted by molar-refractivity contribution is -0.142. The Morgan fingerprint density at radius 1 is 1.55 bits per heavy atom. The van der Waals surface area contributed by atoms with Gasteiger partial charge in [-0.1, -0.05) is 6.08 Å². The Labute approximate surface area is 64.5 Å². The van der Waals surface area contributed by atoms with Gasteiger partial charge in [-0.15, -0.1) is 0 Å². The third-order valence-corrected chi connectivity index (χ3v) is 0.863. The van der Waals surface area contributed by atoms with Gasteiger partial charge in [-0.05, 0) is 6.92 Å². The van der Waals surface area contributed by atoms with Crippen LogP contribution in [0.3, 0.4) is 0 Å². The van der Waals surface area contributed by atoms with E-state index >= 15 is 0 Å². The van der Waals surface area contributed by atoms with E-state index in [-0.39, 0.29) is 13.0 Å². The summed E-state index contributed by atoms with van der Waals surface area (Å²) in [5, 5.41) is 8.15. The Hall–Kier alpha value is -1.32. The van der Waals surface area contributed by atoms with Gasteiger partial charge in [0, 0.05) is 6.08 Å². The first-order valence-electron chi connectivity index (χ1n) is 3.18. The molecule has 0 aliphatic rings. The van der Waals surface area contributed by atoms with Gasteiger partial charge in [-0.2, -0.15) is 0 Å². The summed E-state index contributed by atoms with van der Waals surface area (Å²) < 4.78 is 4.49. The molecule has 0 aromatic rings. The van der Waals surface area contributed by atoms with E-state index in [1.54, 1.807) is 6.92 Å². The highest BCUT2D eigenvalue weighted by Crippen LogP contribution is 1.85. The summed E-state index contributed by atoms with van der Waals surface area (Å²) in [7, 11) is 0. The van der Waals surface area contributed by atoms with E-state index in [0.717, 1.165) is 0 Å². The summed E-state index contributed by atoms with van der Waals surface area (Å²) in [6.45, 7) is 1.61. The van der Waals surface area contributed by atoms with Crippen LogP contribution in [0.25, 0.3) is 0 Å². The van der Waals surface area contributed by atoms with Gasteiger partial charge in [0.25, 0.3) is 0 Å². The molecule has 0 rings (SSSR count). The summed E-state index contributed by atoms with van der Waals surface area (Å²) in [5.41, 5.74) is 0. The normalized spacial score (nSPS) is 9.91. The van der Waals surface area contributed by atoms with E-state index in [1.807, 2.05) is 0 Å². The molecule has 0 unspecified atom stereocenters. The average molecular weight is 158 g/mol. The van der Waals surface area contributed by atoms with Gasteiger partial charge in [0.05, 0.1) is 6.42 Å². The topological polar surface area (TPSA) is 63.6 Å². The zero-order valence-electron chi connectivity index (χ0n) is 6.24. The van der Waals surface area contributed by atoms with Crippen molar-refractivity contribution in [1.29, 1.82) is 0 Å². The number of hydrogen-bond acceptors (Lipinski definition) is 3. The number of carboxylic acids is 1. The lowest BCUT2D eigenvalue weighted by Crippen LogP contribution is -2.06. The molecular weight excluding hydrogens is 148 g/mol. The molecule has 0 fully saturated rings. The van der Waals surface area contributed by atoms with E-state index < -0.39 is 11.9 Å². The zero-order valence-corrected chi connectivity index (χ0v) is 6.24. The molecule has 0 aromatic heterocycles. The van der Waals surface area contributed by atoms with Crippen LogP contribution in [-0.2, 0) is 14.3 Å². The van der Waals surface area contributed by atoms with Crippen molar-refractivity contribution in [3.63, 3.8) is 0 Å². The number of aliphatic carboxylic acids is 1. The Kier molecular flexibility index (Phi) is 4.81. The van der Waals surface area contributed by atoms with Crippen LogP contribution in [0.2, 0.25) is 0 Å². The molecule has 0 amide bonds. The lowest BCUT2D eigenvalue weighted by atomic mass is 10.5. The number of hydrogen-bond donors (Lipinski definition) is 1. The number of carbonyl (C=O) groups excluding carboxylic acids is 1. The number of carboxylic acid groups (broad SMARTS) is 1. The summed E-state index contributed by atoms with van der Waals surface area (Å²) in [5.74, 6) is -1.48. The second kappa shape index (κ2) is 5.46. The highest BCUT2D eigenvalue weighted by atomic mass is 16.5. The molecule has 4 nitrogen and oxygen atoms in total. The first-order chi connectivity index (χ1) is 5.16. The SMILES string of the molecule is C/C=C/C(=O)OCCC(=O)O. The molecule has 0 spiro atoms. The smallest absolute Gasteiger partial charge is 0.330 e. The van der Waals surface area contributed by atoms with Crippen molar-refractivity contribution in [1.82, 2.24) is 0 Å². The maximum absolute atomic E-state index is 10.5. The van der Waals surface area contributed by atoms with Crippen LogP contribution in [0.1, 0.15) is 13.3 Å². The van der Waals surface area contributed by atoms with Crippen molar-refractivity contribution in [3.05, 3.63) is 12.2 Å². The molecule has 4 heteroatoms.